The lowest BCUT2D eigenvalue weighted by Crippen LogP contribution is -2.59. The van der Waals surface area contributed by atoms with Gasteiger partial charge in [0.25, 0.3) is 6.71 Å². The molecule has 204 valence electrons. The topological polar surface area (TPSA) is 9.86 Å². The molecule has 8 aromatic carbocycles. The normalized spacial score (nSPS) is 13.3. The van der Waals surface area contributed by atoms with Gasteiger partial charge in [0.1, 0.15) is 0 Å². The van der Waals surface area contributed by atoms with Crippen molar-refractivity contribution in [2.75, 3.05) is 0 Å². The first kappa shape index (κ1) is 22.7. The molecule has 2 nitrogen and oxygen atoms in total. The zero-order valence-corrected chi connectivity index (χ0v) is 24.3. The molecule has 0 N–H and O–H groups in total. The van der Waals surface area contributed by atoms with E-state index < -0.39 is 0 Å². The second kappa shape index (κ2) is 7.64. The van der Waals surface area contributed by atoms with Crippen LogP contribution in [0.15, 0.2) is 140 Å². The maximum absolute atomic E-state index is 2.63. The molecule has 0 radical (unpaired) electrons. The van der Waals surface area contributed by atoms with E-state index in [9.17, 15) is 0 Å². The molecule has 4 heterocycles. The summed E-state index contributed by atoms with van der Waals surface area (Å²) in [6.07, 6.45) is 0. The highest BCUT2D eigenvalue weighted by Crippen LogP contribution is 2.45. The Morgan fingerprint density at radius 1 is 0.400 bits per heavy atom. The second-order valence-corrected chi connectivity index (χ2v) is 12.8. The van der Waals surface area contributed by atoms with Gasteiger partial charge in [-0.1, -0.05) is 127 Å². The van der Waals surface area contributed by atoms with Gasteiger partial charge < -0.3 is 9.13 Å². The first-order valence-corrected chi connectivity index (χ1v) is 15.8. The van der Waals surface area contributed by atoms with E-state index in [0.717, 1.165) is 0 Å². The molecule has 10 aromatic rings. The molecule has 0 spiro atoms. The van der Waals surface area contributed by atoms with Gasteiger partial charge >= 0.3 is 0 Å². The number of nitrogens with zero attached hydrogens (tertiary/aromatic N) is 2. The molecule has 0 unspecified atom stereocenters. The van der Waals surface area contributed by atoms with Gasteiger partial charge in [-0.3, -0.25) is 0 Å². The van der Waals surface area contributed by atoms with Crippen molar-refractivity contribution in [1.29, 1.82) is 0 Å². The number of rotatable bonds is 0. The summed E-state index contributed by atoms with van der Waals surface area (Å²) in [7, 11) is 0. The Bertz CT molecular complexity index is 2990. The number of aromatic nitrogens is 2. The van der Waals surface area contributed by atoms with E-state index in [0.29, 0.717) is 0 Å². The van der Waals surface area contributed by atoms with E-state index in [4.69, 9.17) is 0 Å². The van der Waals surface area contributed by atoms with Gasteiger partial charge in [0.2, 0.25) is 0 Å². The van der Waals surface area contributed by atoms with Gasteiger partial charge in [0.05, 0.1) is 16.7 Å². The average molecular weight is 566 g/mol. The van der Waals surface area contributed by atoms with E-state index in [2.05, 4.69) is 149 Å². The highest BCUT2D eigenvalue weighted by Gasteiger charge is 2.41. The second-order valence-electron chi connectivity index (χ2n) is 12.8. The SMILES string of the molecule is c1ccc2c3c4c(cc2c1)-n1c2c(cccc2c2c5ccccc5c5ccccc5c21)B4c1cccc2c4ccccc4n-3c12. The summed E-state index contributed by atoms with van der Waals surface area (Å²) in [5.74, 6) is 0. The zero-order valence-electron chi connectivity index (χ0n) is 24.3. The maximum Gasteiger partial charge on any atom is 0.252 e. The molecule has 2 aromatic heterocycles. The van der Waals surface area contributed by atoms with E-state index in [1.165, 1.54) is 104 Å². The molecule has 0 fully saturated rings. The van der Waals surface area contributed by atoms with Crippen LogP contribution in [0.2, 0.25) is 0 Å². The lowest BCUT2D eigenvalue weighted by atomic mass is 9.34. The number of benzene rings is 8. The molecule has 0 bridgehead atoms. The molecule has 3 heteroatoms. The van der Waals surface area contributed by atoms with Crippen molar-refractivity contribution < 1.29 is 0 Å². The largest absolute Gasteiger partial charge is 0.310 e. The summed E-state index contributed by atoms with van der Waals surface area (Å²) >= 11 is 0. The van der Waals surface area contributed by atoms with Crippen molar-refractivity contribution >= 4 is 99.0 Å². The third-order valence-corrected chi connectivity index (χ3v) is 10.8. The lowest BCUT2D eigenvalue weighted by molar-refractivity contribution is 1.16. The smallest absolute Gasteiger partial charge is 0.252 e. The van der Waals surface area contributed by atoms with E-state index in [-0.39, 0.29) is 6.71 Å². The van der Waals surface area contributed by atoms with Crippen LogP contribution in [0.4, 0.5) is 0 Å². The Morgan fingerprint density at radius 3 is 1.76 bits per heavy atom. The van der Waals surface area contributed by atoms with Crippen LogP contribution >= 0.6 is 0 Å². The van der Waals surface area contributed by atoms with Crippen molar-refractivity contribution in [1.82, 2.24) is 9.13 Å². The van der Waals surface area contributed by atoms with Crippen LogP contribution in [0.25, 0.3) is 87.3 Å². The summed E-state index contributed by atoms with van der Waals surface area (Å²) in [6, 6.07) is 52.4. The number of fused-ring (bicyclic) bond motifs is 17. The minimum Gasteiger partial charge on any atom is -0.310 e. The molecule has 2 aliphatic rings. The lowest BCUT2D eigenvalue weighted by Gasteiger charge is -2.34. The molecular weight excluding hydrogens is 543 g/mol. The Labute approximate surface area is 258 Å². The molecule has 12 rings (SSSR count). The van der Waals surface area contributed by atoms with E-state index in [1.807, 2.05) is 0 Å². The molecule has 45 heavy (non-hydrogen) atoms. The quantitative estimate of drug-likeness (QED) is 0.129. The van der Waals surface area contributed by atoms with Crippen LogP contribution < -0.4 is 16.4 Å². The van der Waals surface area contributed by atoms with Gasteiger partial charge in [0, 0.05) is 49.0 Å². The monoisotopic (exact) mass is 566 g/mol. The van der Waals surface area contributed by atoms with Gasteiger partial charge in [-0.15, -0.1) is 0 Å². The summed E-state index contributed by atoms with van der Waals surface area (Å²) < 4.78 is 5.22. The predicted molar refractivity (Wildman–Crippen MR) is 192 cm³/mol. The predicted octanol–water partition coefficient (Wildman–Crippen LogP) is 8.48. The van der Waals surface area contributed by atoms with Gasteiger partial charge in [-0.05, 0) is 50.1 Å². The third kappa shape index (κ3) is 2.48. The fourth-order valence-corrected chi connectivity index (χ4v) is 9.26. The van der Waals surface area contributed by atoms with Gasteiger partial charge in [0.15, 0.2) is 0 Å². The maximum atomic E-state index is 2.63. The fraction of sp³-hybridized carbons (Fsp3) is 0. The molecule has 0 aliphatic carbocycles. The van der Waals surface area contributed by atoms with Crippen LogP contribution in [-0.4, -0.2) is 15.8 Å². The molecule has 0 atom stereocenters. The number of hydrogen-bond donors (Lipinski definition) is 0. The van der Waals surface area contributed by atoms with E-state index in [1.54, 1.807) is 0 Å². The average Bonchev–Trinajstić information content (AvgIpc) is 3.63. The Morgan fingerprint density at radius 2 is 0.956 bits per heavy atom. The van der Waals surface area contributed by atoms with Crippen molar-refractivity contribution in [3.05, 3.63) is 140 Å². The first-order chi connectivity index (χ1) is 22.4. The Balaban J connectivity index is 1.42. The molecule has 0 saturated heterocycles. The van der Waals surface area contributed by atoms with Crippen LogP contribution in [0.3, 0.4) is 0 Å². The van der Waals surface area contributed by atoms with Crippen molar-refractivity contribution in [3.8, 4) is 11.4 Å². The fourth-order valence-electron chi connectivity index (χ4n) is 9.26. The summed E-state index contributed by atoms with van der Waals surface area (Å²) in [5.41, 5.74) is 12.1. The third-order valence-electron chi connectivity index (χ3n) is 10.8. The van der Waals surface area contributed by atoms with Crippen LogP contribution in [0, 0.1) is 0 Å². The highest BCUT2D eigenvalue weighted by atomic mass is 15.0. The minimum absolute atomic E-state index is 0.137. The van der Waals surface area contributed by atoms with Crippen LogP contribution in [-0.2, 0) is 0 Å². The molecule has 0 amide bonds. The first-order valence-electron chi connectivity index (χ1n) is 15.8. The standard InChI is InChI=1S/C42H23BN2/c1-2-12-25-24(11-1)23-36-38-42(25)44-35-22-8-7-15-28(35)31-18-9-20-33(39(31)44)43(38)34-21-10-19-32-37-29-16-5-3-13-26(29)27-14-4-6-17-30(27)41(37)45(36)40(32)34/h1-23H. The summed E-state index contributed by atoms with van der Waals surface area (Å²) in [6.45, 7) is 0.137. The number of para-hydroxylation sites is 3. The number of hydrogen-bond acceptors (Lipinski definition) is 0. The van der Waals surface area contributed by atoms with Crippen LogP contribution in [0.5, 0.6) is 0 Å². The zero-order chi connectivity index (χ0) is 29.0. The molecule has 0 saturated carbocycles. The summed E-state index contributed by atoms with van der Waals surface area (Å²) in [5, 5.41) is 13.2. The van der Waals surface area contributed by atoms with Gasteiger partial charge in [-0.2, -0.15) is 0 Å². The molecule has 2 aliphatic heterocycles. The summed E-state index contributed by atoms with van der Waals surface area (Å²) in [4.78, 5) is 0. The van der Waals surface area contributed by atoms with Gasteiger partial charge in [-0.25, -0.2) is 0 Å². The van der Waals surface area contributed by atoms with Crippen molar-refractivity contribution in [2.45, 2.75) is 0 Å². The minimum atomic E-state index is 0.137. The van der Waals surface area contributed by atoms with Crippen molar-refractivity contribution in [3.63, 3.8) is 0 Å². The molecular formula is C42H23BN2. The van der Waals surface area contributed by atoms with Crippen LogP contribution in [0.1, 0.15) is 0 Å². The van der Waals surface area contributed by atoms with E-state index >= 15 is 0 Å². The highest BCUT2D eigenvalue weighted by molar-refractivity contribution is 7.00. The van der Waals surface area contributed by atoms with Crippen molar-refractivity contribution in [2.24, 2.45) is 0 Å². The Kier molecular flexibility index (Phi) is 3.85. The Hall–Kier alpha value is -5.80.